The van der Waals surface area contributed by atoms with Crippen LogP contribution in [-0.4, -0.2) is 78.4 Å². The van der Waals surface area contributed by atoms with Gasteiger partial charge in [0.25, 0.3) is 5.91 Å². The summed E-state index contributed by atoms with van der Waals surface area (Å²) in [6, 6.07) is 11.0. The molecule has 1 aromatic heterocycles. The predicted molar refractivity (Wildman–Crippen MR) is 145 cm³/mol. The van der Waals surface area contributed by atoms with Gasteiger partial charge in [-0.15, -0.1) is 0 Å². The van der Waals surface area contributed by atoms with Gasteiger partial charge in [-0.25, -0.2) is 8.42 Å². The van der Waals surface area contributed by atoms with Crippen molar-refractivity contribution in [3.8, 4) is 11.3 Å². The monoisotopic (exact) mass is 543 g/mol. The van der Waals surface area contributed by atoms with Crippen LogP contribution in [0.25, 0.3) is 22.3 Å². The lowest BCUT2D eigenvalue weighted by Crippen LogP contribution is -2.39. The number of aryl methyl sites for hydroxylation is 1. The second kappa shape index (κ2) is 10.8. The number of benzene rings is 2. The van der Waals surface area contributed by atoms with Crippen LogP contribution in [0.3, 0.4) is 0 Å². The van der Waals surface area contributed by atoms with E-state index in [4.69, 9.17) is 13.9 Å². The van der Waals surface area contributed by atoms with E-state index in [9.17, 15) is 18.0 Å². The van der Waals surface area contributed by atoms with Crippen LogP contribution in [0.2, 0.25) is 0 Å². The third kappa shape index (κ3) is 5.69. The first-order valence-corrected chi connectivity index (χ1v) is 14.1. The maximum atomic E-state index is 13.0. The molecule has 2 heterocycles. The van der Waals surface area contributed by atoms with Crippen LogP contribution >= 0.6 is 0 Å². The SMILES string of the molecule is CNC(=O)c1c(-c2ccc(C)cc2)oc2cc3c(cc12)[C@H](C)O[C@H](COC(=O)CN(C)C)CN3S(C)(=O)=O. The Balaban J connectivity index is 1.81. The number of nitrogens with one attached hydrogen (secondary N) is 1. The Kier molecular flexibility index (Phi) is 7.82. The second-order valence-corrected chi connectivity index (χ2v) is 11.7. The largest absolute Gasteiger partial charge is 0.462 e. The van der Waals surface area contributed by atoms with Crippen molar-refractivity contribution in [3.63, 3.8) is 0 Å². The van der Waals surface area contributed by atoms with Gasteiger partial charge < -0.3 is 19.2 Å². The van der Waals surface area contributed by atoms with E-state index in [1.807, 2.05) is 31.2 Å². The molecule has 11 heteroatoms. The molecule has 0 aliphatic carbocycles. The molecule has 2 aromatic carbocycles. The van der Waals surface area contributed by atoms with Crippen molar-refractivity contribution in [1.29, 1.82) is 0 Å². The van der Waals surface area contributed by atoms with Crippen molar-refractivity contribution in [2.24, 2.45) is 0 Å². The molecule has 0 spiro atoms. The van der Waals surface area contributed by atoms with Crippen LogP contribution in [0.1, 0.15) is 34.5 Å². The van der Waals surface area contributed by atoms with E-state index < -0.39 is 28.2 Å². The molecule has 1 aliphatic rings. The van der Waals surface area contributed by atoms with Crippen molar-refractivity contribution in [2.45, 2.75) is 26.1 Å². The number of hydrogen-bond acceptors (Lipinski definition) is 8. The number of carbonyl (C=O) groups is 2. The molecule has 204 valence electrons. The number of carbonyl (C=O) groups excluding carboxylic acids is 2. The van der Waals surface area contributed by atoms with Crippen LogP contribution in [0, 0.1) is 6.92 Å². The summed E-state index contributed by atoms with van der Waals surface area (Å²) in [5, 5.41) is 3.22. The first kappa shape index (κ1) is 27.6. The summed E-state index contributed by atoms with van der Waals surface area (Å²) in [7, 11) is 1.30. The lowest BCUT2D eigenvalue weighted by Gasteiger charge is -2.24. The van der Waals surface area contributed by atoms with E-state index in [0.29, 0.717) is 33.5 Å². The molecule has 0 saturated carbocycles. The average molecular weight is 544 g/mol. The summed E-state index contributed by atoms with van der Waals surface area (Å²) in [5.41, 5.74) is 3.48. The third-order valence-corrected chi connectivity index (χ3v) is 7.50. The Labute approximate surface area is 222 Å². The Bertz CT molecular complexity index is 1460. The van der Waals surface area contributed by atoms with Crippen LogP contribution < -0.4 is 9.62 Å². The van der Waals surface area contributed by atoms with Gasteiger partial charge in [0.05, 0.1) is 36.7 Å². The molecule has 1 aliphatic heterocycles. The lowest BCUT2D eigenvalue weighted by molar-refractivity contribution is -0.149. The number of hydrogen-bond donors (Lipinski definition) is 1. The Morgan fingerprint density at radius 3 is 2.47 bits per heavy atom. The highest BCUT2D eigenvalue weighted by Crippen LogP contribution is 2.42. The summed E-state index contributed by atoms with van der Waals surface area (Å²) >= 11 is 0. The Morgan fingerprint density at radius 2 is 1.87 bits per heavy atom. The number of rotatable bonds is 7. The zero-order valence-electron chi connectivity index (χ0n) is 22.4. The molecule has 38 heavy (non-hydrogen) atoms. The van der Waals surface area contributed by atoms with E-state index in [1.165, 1.54) is 4.31 Å². The predicted octanol–water partition coefficient (Wildman–Crippen LogP) is 3.10. The molecule has 3 aromatic rings. The first-order valence-electron chi connectivity index (χ1n) is 12.2. The topological polar surface area (TPSA) is 118 Å². The van der Waals surface area contributed by atoms with Gasteiger partial charge in [-0.05, 0) is 34.0 Å². The minimum Gasteiger partial charge on any atom is -0.462 e. The van der Waals surface area contributed by atoms with E-state index in [1.54, 1.807) is 45.1 Å². The fourth-order valence-electron chi connectivity index (χ4n) is 4.53. The summed E-state index contributed by atoms with van der Waals surface area (Å²) in [5.74, 6) is -0.368. The molecule has 0 saturated heterocycles. The quantitative estimate of drug-likeness (QED) is 0.452. The molecular weight excluding hydrogens is 510 g/mol. The standard InChI is InChI=1S/C27H33N3O7S/c1-16-7-9-18(10-8-16)26-25(27(32)28-3)21-11-20-17(2)36-19(15-35-24(31)14-29(4)5)13-30(38(6,33)34)22(20)12-23(21)37-26/h7-12,17,19H,13-15H2,1-6H3,(H,28,32)/t17-,19-/m0/s1. The maximum Gasteiger partial charge on any atom is 0.320 e. The van der Waals surface area contributed by atoms with E-state index >= 15 is 0 Å². The molecular formula is C27H33N3O7S. The van der Waals surface area contributed by atoms with E-state index in [2.05, 4.69) is 5.32 Å². The molecule has 1 amide bonds. The molecule has 10 nitrogen and oxygen atoms in total. The van der Waals surface area contributed by atoms with Gasteiger partial charge >= 0.3 is 5.97 Å². The fraction of sp³-hybridized carbons (Fsp3) is 0.407. The van der Waals surface area contributed by atoms with Gasteiger partial charge in [-0.2, -0.15) is 0 Å². The summed E-state index contributed by atoms with van der Waals surface area (Å²) < 4.78 is 44.8. The number of ether oxygens (including phenoxy) is 2. The molecule has 0 radical (unpaired) electrons. The van der Waals surface area contributed by atoms with Gasteiger partial charge in [0, 0.05) is 29.6 Å². The zero-order chi connectivity index (χ0) is 27.8. The molecule has 0 fully saturated rings. The number of nitrogens with zero attached hydrogens (tertiary/aromatic N) is 2. The van der Waals surface area contributed by atoms with Gasteiger partial charge in [0.2, 0.25) is 10.0 Å². The van der Waals surface area contributed by atoms with Crippen molar-refractivity contribution in [2.75, 3.05) is 51.4 Å². The highest BCUT2D eigenvalue weighted by molar-refractivity contribution is 7.92. The molecule has 1 N–H and O–H groups in total. The third-order valence-electron chi connectivity index (χ3n) is 6.35. The summed E-state index contributed by atoms with van der Waals surface area (Å²) in [6.45, 7) is 3.71. The van der Waals surface area contributed by atoms with Crippen molar-refractivity contribution in [3.05, 3.63) is 53.1 Å². The van der Waals surface area contributed by atoms with Crippen LogP contribution in [-0.2, 0) is 24.3 Å². The van der Waals surface area contributed by atoms with Crippen LogP contribution in [0.5, 0.6) is 0 Å². The molecule has 2 atom stereocenters. The number of esters is 1. The Morgan fingerprint density at radius 1 is 1.18 bits per heavy atom. The highest BCUT2D eigenvalue weighted by atomic mass is 32.2. The molecule has 4 rings (SSSR count). The summed E-state index contributed by atoms with van der Waals surface area (Å²) in [6.07, 6.45) is -0.151. The first-order chi connectivity index (χ1) is 17.9. The maximum absolute atomic E-state index is 13.0. The zero-order valence-corrected chi connectivity index (χ0v) is 23.2. The fourth-order valence-corrected chi connectivity index (χ4v) is 5.49. The van der Waals surface area contributed by atoms with Gasteiger partial charge in [0.15, 0.2) is 0 Å². The van der Waals surface area contributed by atoms with Crippen LogP contribution in [0.4, 0.5) is 5.69 Å². The van der Waals surface area contributed by atoms with Gasteiger partial charge in [0.1, 0.15) is 24.1 Å². The number of anilines is 1. The second-order valence-electron chi connectivity index (χ2n) is 9.77. The smallest absolute Gasteiger partial charge is 0.320 e. The highest BCUT2D eigenvalue weighted by Gasteiger charge is 2.34. The van der Waals surface area contributed by atoms with Crippen molar-refractivity contribution in [1.82, 2.24) is 10.2 Å². The summed E-state index contributed by atoms with van der Waals surface area (Å²) in [4.78, 5) is 26.8. The molecule has 0 bridgehead atoms. The average Bonchev–Trinajstić information content (AvgIpc) is 3.14. The van der Waals surface area contributed by atoms with Crippen molar-refractivity contribution < 1.29 is 31.9 Å². The van der Waals surface area contributed by atoms with Gasteiger partial charge in [-0.3, -0.25) is 18.8 Å². The minimum absolute atomic E-state index is 0.0508. The van der Waals surface area contributed by atoms with Crippen LogP contribution in [0.15, 0.2) is 40.8 Å². The number of fused-ring (bicyclic) bond motifs is 2. The van der Waals surface area contributed by atoms with Gasteiger partial charge in [-0.1, -0.05) is 29.8 Å². The number of amides is 1. The van der Waals surface area contributed by atoms with E-state index in [0.717, 1.165) is 17.4 Å². The number of likely N-dealkylation sites (N-methyl/N-ethyl adjacent to an activating group) is 1. The lowest BCUT2D eigenvalue weighted by atomic mass is 10.00. The number of furan rings is 1. The normalized spacial score (nSPS) is 17.8. The minimum atomic E-state index is -3.74. The van der Waals surface area contributed by atoms with E-state index in [-0.39, 0.29) is 25.6 Å². The molecule has 0 unspecified atom stereocenters. The Hall–Kier alpha value is -3.41. The number of sulfonamides is 1. The van der Waals surface area contributed by atoms with Crippen molar-refractivity contribution >= 4 is 38.6 Å².